The summed E-state index contributed by atoms with van der Waals surface area (Å²) in [6.07, 6.45) is 4.94. The second-order valence-electron chi connectivity index (χ2n) is 6.53. The highest BCUT2D eigenvalue weighted by molar-refractivity contribution is 9.10. The van der Waals surface area contributed by atoms with E-state index < -0.39 is 0 Å². The van der Waals surface area contributed by atoms with Crippen LogP contribution in [0.25, 0.3) is 5.69 Å². The smallest absolute Gasteiger partial charge is 0.274 e. The molecule has 0 saturated carbocycles. The molecule has 1 aliphatic rings. The predicted octanol–water partition coefficient (Wildman–Crippen LogP) is 3.16. The molecule has 0 aliphatic carbocycles. The Labute approximate surface area is 161 Å². The van der Waals surface area contributed by atoms with Crippen LogP contribution < -0.4 is 5.32 Å². The summed E-state index contributed by atoms with van der Waals surface area (Å²) < 4.78 is 2.66. The standard InChI is InChI=1S/C19H23BrN4O2/c1-2-5-18(25)21-15-7-4-10-23(13-15)19(26)17-9-11-24(22-17)16-8-3-6-14(20)12-16/h3,6,8-9,11-12,15H,2,4-5,7,10,13H2,1H3,(H,21,25). The van der Waals surface area contributed by atoms with Crippen molar-refractivity contribution in [3.63, 3.8) is 0 Å². The minimum atomic E-state index is -0.0896. The average molecular weight is 419 g/mol. The van der Waals surface area contributed by atoms with Gasteiger partial charge < -0.3 is 10.2 Å². The Morgan fingerprint density at radius 1 is 1.35 bits per heavy atom. The van der Waals surface area contributed by atoms with Gasteiger partial charge in [-0.2, -0.15) is 5.10 Å². The number of rotatable bonds is 5. The molecule has 1 aliphatic heterocycles. The molecule has 1 N–H and O–H groups in total. The van der Waals surface area contributed by atoms with Gasteiger partial charge in [0.15, 0.2) is 5.69 Å². The Kier molecular flexibility index (Phi) is 6.08. The molecule has 6 nitrogen and oxygen atoms in total. The molecule has 1 fully saturated rings. The number of nitrogens with zero attached hydrogens (tertiary/aromatic N) is 3. The lowest BCUT2D eigenvalue weighted by Gasteiger charge is -2.32. The van der Waals surface area contributed by atoms with E-state index in [4.69, 9.17) is 0 Å². The number of amides is 2. The number of likely N-dealkylation sites (tertiary alicyclic amines) is 1. The van der Waals surface area contributed by atoms with Crippen molar-refractivity contribution in [1.82, 2.24) is 20.0 Å². The van der Waals surface area contributed by atoms with Gasteiger partial charge in [-0.05, 0) is 43.5 Å². The van der Waals surface area contributed by atoms with E-state index >= 15 is 0 Å². The number of piperidine rings is 1. The van der Waals surface area contributed by atoms with Gasteiger partial charge in [0.2, 0.25) is 5.91 Å². The van der Waals surface area contributed by atoms with E-state index in [0.29, 0.717) is 25.2 Å². The van der Waals surface area contributed by atoms with Crippen LogP contribution in [-0.4, -0.2) is 45.6 Å². The minimum absolute atomic E-state index is 0.0268. The molecule has 1 aromatic heterocycles. The number of hydrogen-bond acceptors (Lipinski definition) is 3. The van der Waals surface area contributed by atoms with E-state index in [-0.39, 0.29) is 17.9 Å². The van der Waals surface area contributed by atoms with Gasteiger partial charge in [-0.3, -0.25) is 9.59 Å². The van der Waals surface area contributed by atoms with E-state index in [1.807, 2.05) is 31.2 Å². The third-order valence-corrected chi connectivity index (χ3v) is 4.92. The molecule has 1 saturated heterocycles. The van der Waals surface area contributed by atoms with Crippen LogP contribution in [0.15, 0.2) is 41.0 Å². The minimum Gasteiger partial charge on any atom is -0.352 e. The molecule has 2 aromatic rings. The number of carbonyl (C=O) groups excluding carboxylic acids is 2. The molecule has 3 rings (SSSR count). The molecular formula is C19H23BrN4O2. The lowest BCUT2D eigenvalue weighted by atomic mass is 10.0. The lowest BCUT2D eigenvalue weighted by Crippen LogP contribution is -2.49. The zero-order chi connectivity index (χ0) is 18.5. The first kappa shape index (κ1) is 18.6. The van der Waals surface area contributed by atoms with Crippen molar-refractivity contribution in [3.05, 3.63) is 46.7 Å². The lowest BCUT2D eigenvalue weighted by molar-refractivity contribution is -0.122. The third kappa shape index (κ3) is 4.52. The molecule has 0 bridgehead atoms. The number of hydrogen-bond donors (Lipinski definition) is 1. The first-order chi connectivity index (χ1) is 12.6. The molecule has 2 amide bonds. The Morgan fingerprint density at radius 2 is 2.19 bits per heavy atom. The third-order valence-electron chi connectivity index (χ3n) is 4.43. The fourth-order valence-electron chi connectivity index (χ4n) is 3.17. The van der Waals surface area contributed by atoms with E-state index in [0.717, 1.165) is 29.4 Å². The normalized spacial score (nSPS) is 17.2. The molecule has 7 heteroatoms. The zero-order valence-corrected chi connectivity index (χ0v) is 16.4. The van der Waals surface area contributed by atoms with Gasteiger partial charge >= 0.3 is 0 Å². The fraction of sp³-hybridized carbons (Fsp3) is 0.421. The van der Waals surface area contributed by atoms with Crippen molar-refractivity contribution in [3.8, 4) is 5.69 Å². The molecule has 26 heavy (non-hydrogen) atoms. The van der Waals surface area contributed by atoms with Gasteiger partial charge in [0.1, 0.15) is 0 Å². The first-order valence-corrected chi connectivity index (χ1v) is 9.76. The van der Waals surface area contributed by atoms with Gasteiger partial charge in [0.05, 0.1) is 5.69 Å². The van der Waals surface area contributed by atoms with Gasteiger partial charge in [0.25, 0.3) is 5.91 Å². The zero-order valence-electron chi connectivity index (χ0n) is 14.8. The summed E-state index contributed by atoms with van der Waals surface area (Å²) in [6.45, 7) is 3.22. The van der Waals surface area contributed by atoms with E-state index in [9.17, 15) is 9.59 Å². The topological polar surface area (TPSA) is 67.2 Å². The van der Waals surface area contributed by atoms with Gasteiger partial charge in [-0.1, -0.05) is 28.9 Å². The van der Waals surface area contributed by atoms with Gasteiger partial charge in [-0.15, -0.1) is 0 Å². The molecule has 1 unspecified atom stereocenters. The summed E-state index contributed by atoms with van der Waals surface area (Å²) in [5.74, 6) is -0.0288. The van der Waals surface area contributed by atoms with Crippen LogP contribution in [-0.2, 0) is 4.79 Å². The quantitative estimate of drug-likeness (QED) is 0.810. The maximum absolute atomic E-state index is 12.8. The summed E-state index contributed by atoms with van der Waals surface area (Å²) in [5.41, 5.74) is 1.31. The van der Waals surface area contributed by atoms with Crippen molar-refractivity contribution in [1.29, 1.82) is 0 Å². The number of nitrogens with one attached hydrogen (secondary N) is 1. The van der Waals surface area contributed by atoms with Crippen LogP contribution in [0.5, 0.6) is 0 Å². The highest BCUT2D eigenvalue weighted by Gasteiger charge is 2.26. The largest absolute Gasteiger partial charge is 0.352 e. The summed E-state index contributed by atoms with van der Waals surface area (Å²) in [6, 6.07) is 9.52. The summed E-state index contributed by atoms with van der Waals surface area (Å²) in [7, 11) is 0. The second kappa shape index (κ2) is 8.49. The Bertz CT molecular complexity index is 789. The first-order valence-electron chi connectivity index (χ1n) is 8.97. The Hall–Kier alpha value is -2.15. The molecule has 1 aromatic carbocycles. The molecule has 1 atom stereocenters. The predicted molar refractivity (Wildman–Crippen MR) is 103 cm³/mol. The summed E-state index contributed by atoms with van der Waals surface area (Å²) in [4.78, 5) is 26.4. The molecule has 0 radical (unpaired) electrons. The molecule has 0 spiro atoms. The highest BCUT2D eigenvalue weighted by atomic mass is 79.9. The maximum atomic E-state index is 12.8. The number of benzene rings is 1. The van der Waals surface area contributed by atoms with Crippen LogP contribution in [0.4, 0.5) is 0 Å². The molecule has 2 heterocycles. The SMILES string of the molecule is CCCC(=O)NC1CCCN(C(=O)c2ccn(-c3cccc(Br)c3)n2)C1. The van der Waals surface area contributed by atoms with Crippen molar-refractivity contribution in [2.45, 2.75) is 38.6 Å². The number of carbonyl (C=O) groups is 2. The summed E-state index contributed by atoms with van der Waals surface area (Å²) in [5, 5.41) is 7.46. The molecule has 138 valence electrons. The molecular weight excluding hydrogens is 396 g/mol. The maximum Gasteiger partial charge on any atom is 0.274 e. The number of aromatic nitrogens is 2. The van der Waals surface area contributed by atoms with Crippen molar-refractivity contribution in [2.75, 3.05) is 13.1 Å². The van der Waals surface area contributed by atoms with Crippen LogP contribution in [0, 0.1) is 0 Å². The van der Waals surface area contributed by atoms with Crippen LogP contribution in [0.1, 0.15) is 43.1 Å². The van der Waals surface area contributed by atoms with Crippen molar-refractivity contribution >= 4 is 27.7 Å². The van der Waals surface area contributed by atoms with E-state index in [1.165, 1.54) is 0 Å². The van der Waals surface area contributed by atoms with Crippen LogP contribution in [0.2, 0.25) is 0 Å². The number of halogens is 1. The Balaban J connectivity index is 1.66. The van der Waals surface area contributed by atoms with Crippen molar-refractivity contribution < 1.29 is 9.59 Å². The van der Waals surface area contributed by atoms with E-state index in [2.05, 4.69) is 26.3 Å². The van der Waals surface area contributed by atoms with E-state index in [1.54, 1.807) is 21.8 Å². The highest BCUT2D eigenvalue weighted by Crippen LogP contribution is 2.17. The van der Waals surface area contributed by atoms with Crippen LogP contribution >= 0.6 is 15.9 Å². The van der Waals surface area contributed by atoms with Gasteiger partial charge in [0, 0.05) is 36.2 Å². The summed E-state index contributed by atoms with van der Waals surface area (Å²) >= 11 is 3.44. The average Bonchev–Trinajstić information content (AvgIpc) is 3.11. The van der Waals surface area contributed by atoms with Gasteiger partial charge in [-0.25, -0.2) is 4.68 Å². The van der Waals surface area contributed by atoms with Crippen LogP contribution in [0.3, 0.4) is 0 Å². The fourth-order valence-corrected chi connectivity index (χ4v) is 3.56. The monoisotopic (exact) mass is 418 g/mol. The Morgan fingerprint density at radius 3 is 2.96 bits per heavy atom. The van der Waals surface area contributed by atoms with Crippen molar-refractivity contribution in [2.24, 2.45) is 0 Å². The second-order valence-corrected chi connectivity index (χ2v) is 7.45.